The van der Waals surface area contributed by atoms with Crippen molar-refractivity contribution in [3.05, 3.63) is 53.0 Å². The maximum absolute atomic E-state index is 9.16. The van der Waals surface area contributed by atoms with Crippen molar-refractivity contribution in [2.24, 2.45) is 0 Å². The number of benzene rings is 2. The zero-order valence-corrected chi connectivity index (χ0v) is 12.1. The summed E-state index contributed by atoms with van der Waals surface area (Å²) < 4.78 is 6.66. The van der Waals surface area contributed by atoms with Gasteiger partial charge < -0.3 is 9.84 Å². The SMILES string of the molecule is Oc1ccc(SCCOc2ccc(Br)cc2)cc1. The first-order chi connectivity index (χ1) is 8.74. The van der Waals surface area contributed by atoms with E-state index in [1.54, 1.807) is 23.9 Å². The Kier molecular flexibility index (Phi) is 4.96. The van der Waals surface area contributed by atoms with E-state index in [4.69, 9.17) is 9.84 Å². The van der Waals surface area contributed by atoms with E-state index in [-0.39, 0.29) is 0 Å². The second-order valence-corrected chi connectivity index (χ2v) is 5.73. The van der Waals surface area contributed by atoms with Gasteiger partial charge in [-0.05, 0) is 48.5 Å². The first-order valence-corrected chi connectivity index (χ1v) is 7.32. The van der Waals surface area contributed by atoms with Gasteiger partial charge in [-0.2, -0.15) is 0 Å². The Morgan fingerprint density at radius 3 is 2.33 bits per heavy atom. The van der Waals surface area contributed by atoms with E-state index in [2.05, 4.69) is 15.9 Å². The molecule has 0 atom stereocenters. The molecule has 0 aliphatic heterocycles. The molecule has 0 unspecified atom stereocenters. The Hall–Kier alpha value is -1.13. The number of hydrogen-bond donors (Lipinski definition) is 1. The van der Waals surface area contributed by atoms with E-state index in [0.29, 0.717) is 12.4 Å². The normalized spacial score (nSPS) is 10.3. The van der Waals surface area contributed by atoms with Crippen LogP contribution in [0, 0.1) is 0 Å². The second kappa shape index (κ2) is 6.71. The van der Waals surface area contributed by atoms with Crippen molar-refractivity contribution in [3.8, 4) is 11.5 Å². The molecule has 18 heavy (non-hydrogen) atoms. The van der Waals surface area contributed by atoms with Crippen LogP contribution >= 0.6 is 27.7 Å². The van der Waals surface area contributed by atoms with Crippen LogP contribution in [0.25, 0.3) is 0 Å². The molecule has 0 spiro atoms. The van der Waals surface area contributed by atoms with Crippen molar-refractivity contribution in [3.63, 3.8) is 0 Å². The van der Waals surface area contributed by atoms with E-state index >= 15 is 0 Å². The highest BCUT2D eigenvalue weighted by Crippen LogP contribution is 2.21. The number of hydrogen-bond acceptors (Lipinski definition) is 3. The molecule has 0 fully saturated rings. The van der Waals surface area contributed by atoms with E-state index < -0.39 is 0 Å². The van der Waals surface area contributed by atoms with Gasteiger partial charge in [0.05, 0.1) is 6.61 Å². The molecule has 2 aromatic rings. The van der Waals surface area contributed by atoms with Gasteiger partial charge in [0.25, 0.3) is 0 Å². The van der Waals surface area contributed by atoms with Gasteiger partial charge >= 0.3 is 0 Å². The summed E-state index contributed by atoms with van der Waals surface area (Å²) in [5, 5.41) is 9.16. The highest BCUT2D eigenvalue weighted by atomic mass is 79.9. The Morgan fingerprint density at radius 2 is 1.67 bits per heavy atom. The van der Waals surface area contributed by atoms with Gasteiger partial charge in [-0.25, -0.2) is 0 Å². The average molecular weight is 325 g/mol. The molecule has 0 amide bonds. The lowest BCUT2D eigenvalue weighted by Crippen LogP contribution is -1.99. The van der Waals surface area contributed by atoms with Crippen LogP contribution in [0.1, 0.15) is 0 Å². The van der Waals surface area contributed by atoms with Gasteiger partial charge in [0.15, 0.2) is 0 Å². The van der Waals surface area contributed by atoms with Crippen molar-refractivity contribution in [2.45, 2.75) is 4.90 Å². The van der Waals surface area contributed by atoms with Gasteiger partial charge in [-0.1, -0.05) is 15.9 Å². The molecule has 2 rings (SSSR count). The van der Waals surface area contributed by atoms with E-state index in [1.165, 1.54) is 0 Å². The van der Waals surface area contributed by atoms with Crippen LogP contribution in [0.3, 0.4) is 0 Å². The monoisotopic (exact) mass is 324 g/mol. The Balaban J connectivity index is 1.73. The van der Waals surface area contributed by atoms with Crippen molar-refractivity contribution in [1.29, 1.82) is 0 Å². The fraction of sp³-hybridized carbons (Fsp3) is 0.143. The maximum Gasteiger partial charge on any atom is 0.119 e. The molecule has 2 aromatic carbocycles. The van der Waals surface area contributed by atoms with Crippen molar-refractivity contribution < 1.29 is 9.84 Å². The highest BCUT2D eigenvalue weighted by Gasteiger charge is 1.96. The summed E-state index contributed by atoms with van der Waals surface area (Å²) >= 11 is 5.09. The number of thioether (sulfide) groups is 1. The molecule has 2 nitrogen and oxygen atoms in total. The van der Waals surface area contributed by atoms with Crippen LogP contribution in [0.4, 0.5) is 0 Å². The molecule has 0 aliphatic carbocycles. The van der Waals surface area contributed by atoms with Crippen molar-refractivity contribution >= 4 is 27.7 Å². The number of rotatable bonds is 5. The lowest BCUT2D eigenvalue weighted by molar-refractivity contribution is 0.344. The van der Waals surface area contributed by atoms with Crippen LogP contribution in [0.2, 0.25) is 0 Å². The molecular formula is C14H13BrO2S. The lowest BCUT2D eigenvalue weighted by atomic mass is 10.3. The van der Waals surface area contributed by atoms with Crippen LogP contribution in [-0.4, -0.2) is 17.5 Å². The van der Waals surface area contributed by atoms with E-state index in [1.807, 2.05) is 36.4 Å². The summed E-state index contributed by atoms with van der Waals surface area (Å²) in [5.74, 6) is 2.05. The topological polar surface area (TPSA) is 29.5 Å². The van der Waals surface area contributed by atoms with Crippen molar-refractivity contribution in [1.82, 2.24) is 0 Å². The highest BCUT2D eigenvalue weighted by molar-refractivity contribution is 9.10. The molecule has 4 heteroatoms. The first-order valence-electron chi connectivity index (χ1n) is 5.54. The summed E-state index contributed by atoms with van der Waals surface area (Å²) in [6, 6.07) is 15.0. The summed E-state index contributed by atoms with van der Waals surface area (Å²) in [7, 11) is 0. The number of aromatic hydroxyl groups is 1. The van der Waals surface area contributed by atoms with E-state index in [0.717, 1.165) is 20.9 Å². The largest absolute Gasteiger partial charge is 0.508 e. The van der Waals surface area contributed by atoms with Gasteiger partial charge in [0.1, 0.15) is 11.5 Å². The number of ether oxygens (including phenoxy) is 1. The Morgan fingerprint density at radius 1 is 1.00 bits per heavy atom. The minimum Gasteiger partial charge on any atom is -0.508 e. The summed E-state index contributed by atoms with van der Waals surface area (Å²) in [6.45, 7) is 0.660. The van der Waals surface area contributed by atoms with Gasteiger partial charge in [0.2, 0.25) is 0 Å². The Bertz CT molecular complexity index is 435. The van der Waals surface area contributed by atoms with Gasteiger partial charge in [-0.3, -0.25) is 0 Å². The maximum atomic E-state index is 9.16. The number of halogens is 1. The second-order valence-electron chi connectivity index (χ2n) is 3.64. The predicted molar refractivity (Wildman–Crippen MR) is 78.5 cm³/mol. The standard InChI is InChI=1S/C14H13BrO2S/c15-11-1-5-13(6-2-11)17-9-10-18-14-7-3-12(16)4-8-14/h1-8,16H,9-10H2. The summed E-state index contributed by atoms with van der Waals surface area (Å²) in [6.07, 6.45) is 0. The molecule has 0 saturated carbocycles. The van der Waals surface area contributed by atoms with Crippen molar-refractivity contribution in [2.75, 3.05) is 12.4 Å². The smallest absolute Gasteiger partial charge is 0.119 e. The quantitative estimate of drug-likeness (QED) is 0.655. The molecule has 0 heterocycles. The third-order valence-corrected chi connectivity index (χ3v) is 3.78. The summed E-state index contributed by atoms with van der Waals surface area (Å²) in [5.41, 5.74) is 0. The predicted octanol–water partition coefficient (Wildman–Crippen LogP) is 4.33. The third kappa shape index (κ3) is 4.27. The lowest BCUT2D eigenvalue weighted by Gasteiger charge is -2.06. The molecule has 0 bridgehead atoms. The molecule has 0 radical (unpaired) electrons. The molecule has 1 N–H and O–H groups in total. The Labute approximate surface area is 119 Å². The van der Waals surface area contributed by atoms with Crippen LogP contribution in [-0.2, 0) is 0 Å². The molecule has 94 valence electrons. The summed E-state index contributed by atoms with van der Waals surface area (Å²) in [4.78, 5) is 1.13. The zero-order valence-electron chi connectivity index (χ0n) is 9.67. The fourth-order valence-electron chi connectivity index (χ4n) is 1.39. The molecule has 0 aromatic heterocycles. The third-order valence-electron chi connectivity index (χ3n) is 2.27. The molecular weight excluding hydrogens is 312 g/mol. The number of phenolic OH excluding ortho intramolecular Hbond substituents is 1. The molecule has 0 saturated heterocycles. The molecule has 0 aliphatic rings. The van der Waals surface area contributed by atoms with Gasteiger partial charge in [0, 0.05) is 15.1 Å². The zero-order chi connectivity index (χ0) is 12.8. The minimum absolute atomic E-state index is 0.297. The van der Waals surface area contributed by atoms with Gasteiger partial charge in [-0.15, -0.1) is 11.8 Å². The average Bonchev–Trinajstić information content (AvgIpc) is 2.39. The van der Waals surface area contributed by atoms with E-state index in [9.17, 15) is 0 Å². The van der Waals surface area contributed by atoms with Crippen LogP contribution in [0.5, 0.6) is 11.5 Å². The van der Waals surface area contributed by atoms with Crippen LogP contribution in [0.15, 0.2) is 57.9 Å². The first kappa shape index (κ1) is 13.3. The minimum atomic E-state index is 0.297. The fourth-order valence-corrected chi connectivity index (χ4v) is 2.39. The van der Waals surface area contributed by atoms with Crippen LogP contribution < -0.4 is 4.74 Å². The number of phenols is 1.